The molecule has 0 bridgehead atoms. The predicted octanol–water partition coefficient (Wildman–Crippen LogP) is 4.63. The van der Waals surface area contributed by atoms with E-state index in [-0.39, 0.29) is 0 Å². The molecular weight excluding hydrogens is 484 g/mol. The molecule has 2 aromatic rings. The fourth-order valence-corrected chi connectivity index (χ4v) is 5.63. The summed E-state index contributed by atoms with van der Waals surface area (Å²) >= 11 is 7.75. The standard InChI is InChI=1S/C21H31ClN6S.2C2H4O/c1-5-15(28-14(2)24-17-13-26(4)10-9-18(17)28)12-21-25-27(21)11-8-16(23-3)19-6-7-20(22)29-19;2*1-2-3/h6-7,15-16,23H,5,8-13H2,1-4H3;2*2H,1H3. The molecule has 0 aliphatic carbocycles. The van der Waals surface area contributed by atoms with E-state index in [1.54, 1.807) is 11.3 Å². The number of rotatable bonds is 9. The van der Waals surface area contributed by atoms with Crippen LogP contribution in [0.4, 0.5) is 0 Å². The Labute approximate surface area is 218 Å². The van der Waals surface area contributed by atoms with Gasteiger partial charge >= 0.3 is 0 Å². The van der Waals surface area contributed by atoms with E-state index in [9.17, 15) is 0 Å². The number of likely N-dealkylation sites (N-methyl/N-ethyl adjacent to an activating group) is 1. The van der Waals surface area contributed by atoms with Crippen molar-refractivity contribution < 1.29 is 9.59 Å². The van der Waals surface area contributed by atoms with Crippen LogP contribution in [0.15, 0.2) is 17.2 Å². The van der Waals surface area contributed by atoms with Crippen molar-refractivity contribution in [3.05, 3.63) is 38.6 Å². The molecule has 10 heteroatoms. The van der Waals surface area contributed by atoms with Gasteiger partial charge in [-0.3, -0.25) is 0 Å². The molecule has 0 saturated carbocycles. The number of carbonyl (C=O) groups is 2. The van der Waals surface area contributed by atoms with Crippen molar-refractivity contribution in [3.63, 3.8) is 0 Å². The van der Waals surface area contributed by atoms with Crippen LogP contribution in [0.1, 0.15) is 74.2 Å². The van der Waals surface area contributed by atoms with Gasteiger partial charge in [0, 0.05) is 55.1 Å². The molecule has 4 heterocycles. The van der Waals surface area contributed by atoms with Crippen LogP contribution < -0.4 is 5.32 Å². The van der Waals surface area contributed by atoms with Gasteiger partial charge in [0.25, 0.3) is 0 Å². The first-order valence-electron chi connectivity index (χ1n) is 12.1. The van der Waals surface area contributed by atoms with E-state index in [2.05, 4.69) is 51.9 Å². The molecule has 4 rings (SSSR count). The molecule has 2 aromatic heterocycles. The zero-order chi connectivity index (χ0) is 26.0. The Bertz CT molecular complexity index is 983. The Kier molecular flexibility index (Phi) is 12.1. The Morgan fingerprint density at radius 2 is 1.94 bits per heavy atom. The van der Waals surface area contributed by atoms with E-state index < -0.39 is 0 Å². The minimum absolute atomic E-state index is 0.325. The summed E-state index contributed by atoms with van der Waals surface area (Å²) in [6.07, 6.45) is 5.69. The maximum Gasteiger partial charge on any atom is 0.147 e. The van der Waals surface area contributed by atoms with Gasteiger partial charge in [-0.15, -0.1) is 11.3 Å². The van der Waals surface area contributed by atoms with E-state index >= 15 is 0 Å². The highest BCUT2D eigenvalue weighted by Gasteiger charge is 2.31. The van der Waals surface area contributed by atoms with Gasteiger partial charge in [-0.1, -0.05) is 18.5 Å². The molecule has 0 aromatic carbocycles. The molecule has 2 aliphatic heterocycles. The molecule has 35 heavy (non-hydrogen) atoms. The Morgan fingerprint density at radius 1 is 1.26 bits per heavy atom. The third-order valence-corrected chi connectivity index (χ3v) is 7.43. The van der Waals surface area contributed by atoms with Crippen LogP contribution in [0, 0.1) is 6.92 Å². The number of hydrazone groups is 1. The lowest BCUT2D eigenvalue weighted by molar-refractivity contribution is -0.106. The van der Waals surface area contributed by atoms with Crippen molar-refractivity contribution in [2.45, 2.75) is 72.0 Å². The number of amidine groups is 1. The zero-order valence-corrected chi connectivity index (χ0v) is 23.3. The Hall–Kier alpha value is -2.07. The van der Waals surface area contributed by atoms with Crippen molar-refractivity contribution >= 4 is 41.3 Å². The summed E-state index contributed by atoms with van der Waals surface area (Å²) in [7, 11) is 4.19. The minimum atomic E-state index is 0.325. The summed E-state index contributed by atoms with van der Waals surface area (Å²) in [4.78, 5) is 26.1. The highest BCUT2D eigenvalue weighted by molar-refractivity contribution is 7.16. The SMILES string of the molecule is CC=O.CC=O.CCC(CC1=NN1CCC(NC)c1ccc(Cl)s1)n1c(C)nc2c1CCN(C)C2. The van der Waals surface area contributed by atoms with E-state index in [1.165, 1.54) is 35.9 Å². The number of nitrogens with zero attached hydrogens (tertiary/aromatic N) is 5. The van der Waals surface area contributed by atoms with Crippen LogP contribution in [0.2, 0.25) is 4.34 Å². The summed E-state index contributed by atoms with van der Waals surface area (Å²) in [5.41, 5.74) is 2.70. The largest absolute Gasteiger partial charge is 0.328 e. The number of carbonyl (C=O) groups excluding carboxylic acids is 2. The van der Waals surface area contributed by atoms with Gasteiger partial charge in [0.2, 0.25) is 0 Å². The third kappa shape index (κ3) is 8.24. The summed E-state index contributed by atoms with van der Waals surface area (Å²) in [6.45, 7) is 10.3. The molecule has 2 unspecified atom stereocenters. The zero-order valence-electron chi connectivity index (χ0n) is 21.8. The van der Waals surface area contributed by atoms with Gasteiger partial charge in [0.15, 0.2) is 0 Å². The minimum Gasteiger partial charge on any atom is -0.328 e. The first-order chi connectivity index (χ1) is 16.8. The van der Waals surface area contributed by atoms with Crippen LogP contribution in [0.3, 0.4) is 0 Å². The maximum atomic E-state index is 8.81. The second-order valence-corrected chi connectivity index (χ2v) is 10.3. The number of hydrogen-bond acceptors (Lipinski definition) is 8. The molecule has 8 nitrogen and oxygen atoms in total. The van der Waals surface area contributed by atoms with Crippen LogP contribution in [-0.4, -0.2) is 65.1 Å². The molecule has 0 saturated heterocycles. The van der Waals surface area contributed by atoms with Crippen molar-refractivity contribution in [2.24, 2.45) is 5.10 Å². The topological polar surface area (TPSA) is 82.6 Å². The van der Waals surface area contributed by atoms with E-state index in [0.29, 0.717) is 12.1 Å². The molecule has 0 fully saturated rings. The molecule has 0 spiro atoms. The highest BCUT2D eigenvalue weighted by atomic mass is 35.5. The molecule has 1 N–H and O–H groups in total. The maximum absolute atomic E-state index is 8.81. The lowest BCUT2D eigenvalue weighted by Crippen LogP contribution is -2.28. The van der Waals surface area contributed by atoms with Gasteiger partial charge in [-0.05, 0) is 59.8 Å². The number of nitrogens with one attached hydrogen (secondary N) is 1. The molecule has 2 atom stereocenters. The van der Waals surface area contributed by atoms with Crippen molar-refractivity contribution in [3.8, 4) is 0 Å². The number of aromatic nitrogens is 2. The van der Waals surface area contributed by atoms with Gasteiger partial charge in [-0.2, -0.15) is 5.10 Å². The van der Waals surface area contributed by atoms with Crippen LogP contribution in [-0.2, 0) is 22.6 Å². The monoisotopic (exact) mass is 522 g/mol. The number of thiophene rings is 1. The molecule has 194 valence electrons. The number of aryl methyl sites for hydroxylation is 1. The Morgan fingerprint density at radius 3 is 2.51 bits per heavy atom. The number of imidazole rings is 1. The lowest BCUT2D eigenvalue weighted by Gasteiger charge is -2.26. The van der Waals surface area contributed by atoms with Gasteiger partial charge < -0.3 is 24.4 Å². The number of aldehydes is 2. The highest BCUT2D eigenvalue weighted by Crippen LogP contribution is 2.32. The predicted molar refractivity (Wildman–Crippen MR) is 144 cm³/mol. The summed E-state index contributed by atoms with van der Waals surface area (Å²) < 4.78 is 3.34. The van der Waals surface area contributed by atoms with Crippen LogP contribution in [0.25, 0.3) is 0 Å². The van der Waals surface area contributed by atoms with Crippen LogP contribution in [0.5, 0.6) is 0 Å². The Balaban J connectivity index is 0.000000655. The van der Waals surface area contributed by atoms with Gasteiger partial charge in [-0.25, -0.2) is 9.99 Å². The van der Waals surface area contributed by atoms with Crippen molar-refractivity contribution in [1.82, 2.24) is 24.8 Å². The second-order valence-electron chi connectivity index (χ2n) is 8.56. The summed E-state index contributed by atoms with van der Waals surface area (Å²) in [6, 6.07) is 4.86. The van der Waals surface area contributed by atoms with Gasteiger partial charge in [0.1, 0.15) is 24.2 Å². The lowest BCUT2D eigenvalue weighted by atomic mass is 10.1. The quantitative estimate of drug-likeness (QED) is 0.484. The van der Waals surface area contributed by atoms with Gasteiger partial charge in [0.05, 0.1) is 10.0 Å². The van der Waals surface area contributed by atoms with E-state index in [1.807, 2.05) is 13.1 Å². The smallest absolute Gasteiger partial charge is 0.147 e. The number of fused-ring (bicyclic) bond motifs is 1. The first-order valence-corrected chi connectivity index (χ1v) is 13.3. The average Bonchev–Trinajstić information content (AvgIpc) is 3.27. The van der Waals surface area contributed by atoms with Crippen molar-refractivity contribution in [1.29, 1.82) is 0 Å². The number of hydrogen-bond donors (Lipinski definition) is 1. The molecule has 0 radical (unpaired) electrons. The summed E-state index contributed by atoms with van der Waals surface area (Å²) in [5.74, 6) is 2.38. The van der Waals surface area contributed by atoms with E-state index in [0.717, 1.165) is 68.1 Å². The normalized spacial score (nSPS) is 16.1. The average molecular weight is 523 g/mol. The molecular formula is C25H39ClN6O2S. The molecule has 0 amide bonds. The first kappa shape index (κ1) is 29.2. The fourth-order valence-electron chi connectivity index (χ4n) is 4.42. The number of halogens is 1. The molecule has 2 aliphatic rings. The summed E-state index contributed by atoms with van der Waals surface area (Å²) in [5, 5.41) is 10.3. The van der Waals surface area contributed by atoms with E-state index in [4.69, 9.17) is 26.2 Å². The second kappa shape index (κ2) is 14.5. The fraction of sp³-hybridized carbons (Fsp3) is 0.600. The third-order valence-electron chi connectivity index (χ3n) is 6.08. The van der Waals surface area contributed by atoms with Crippen molar-refractivity contribution in [2.75, 3.05) is 27.2 Å². The van der Waals surface area contributed by atoms with Crippen LogP contribution >= 0.6 is 22.9 Å².